The molecule has 0 bridgehead atoms. The number of fused-ring (bicyclic) bond motifs is 5. The number of piperidine rings is 2. The number of hydrogen-bond donors (Lipinski definition) is 1. The fourth-order valence-corrected chi connectivity index (χ4v) is 11.4. The smallest absolute Gasteiger partial charge is 0.303 e. The van der Waals surface area contributed by atoms with Gasteiger partial charge in [0.2, 0.25) is 0 Å². The molecule has 10 atom stereocenters. The number of likely N-dealkylation sites (N-methyl/N-ethyl adjacent to an activating group) is 1. The molecule has 2 saturated heterocycles. The zero-order chi connectivity index (χ0) is 26.0. The van der Waals surface area contributed by atoms with Crippen LogP contribution in [0.5, 0.6) is 0 Å². The Hall–Kier alpha value is -0.170. The maximum absolute atomic E-state index is 12.4. The number of halogens is 1. The van der Waals surface area contributed by atoms with E-state index >= 15 is 0 Å². The van der Waals surface area contributed by atoms with Crippen LogP contribution in [0.2, 0.25) is 0 Å². The lowest BCUT2D eigenvalue weighted by Crippen LogP contribution is -3.00. The van der Waals surface area contributed by atoms with Gasteiger partial charge in [0, 0.05) is 24.8 Å². The van der Waals surface area contributed by atoms with Gasteiger partial charge in [0.05, 0.1) is 26.2 Å². The van der Waals surface area contributed by atoms with Crippen LogP contribution in [0.25, 0.3) is 0 Å². The first-order valence-electron chi connectivity index (χ1n) is 16.1. The van der Waals surface area contributed by atoms with Crippen LogP contribution in [-0.2, 0) is 9.53 Å². The van der Waals surface area contributed by atoms with Gasteiger partial charge in [-0.2, -0.15) is 0 Å². The van der Waals surface area contributed by atoms with Crippen molar-refractivity contribution in [1.29, 1.82) is 0 Å². The predicted molar refractivity (Wildman–Crippen MR) is 147 cm³/mol. The molecule has 218 valence electrons. The molecule has 0 aromatic heterocycles. The van der Waals surface area contributed by atoms with Gasteiger partial charge in [0.15, 0.2) is 6.10 Å². The summed E-state index contributed by atoms with van der Waals surface area (Å²) in [5.41, 5.74) is 0.448. The molecule has 0 aromatic carbocycles. The molecule has 0 amide bonds. The molecule has 4 aliphatic carbocycles. The summed E-state index contributed by atoms with van der Waals surface area (Å²) in [5.74, 6) is 2.76. The van der Waals surface area contributed by atoms with Crippen LogP contribution < -0.4 is 17.0 Å². The molecule has 0 radical (unpaired) electrons. The Bertz CT molecular complexity index is 858. The number of rotatable bonds is 3. The summed E-state index contributed by atoms with van der Waals surface area (Å²) in [5, 5.41) is 11.3. The van der Waals surface area contributed by atoms with Crippen molar-refractivity contribution in [3.63, 3.8) is 0 Å². The highest BCUT2D eigenvalue weighted by Crippen LogP contribution is 2.67. The van der Waals surface area contributed by atoms with Crippen LogP contribution in [0.15, 0.2) is 0 Å². The second-order valence-corrected chi connectivity index (χ2v) is 15.2. The first-order chi connectivity index (χ1) is 17.7. The van der Waals surface area contributed by atoms with Gasteiger partial charge in [-0.1, -0.05) is 20.3 Å². The van der Waals surface area contributed by atoms with E-state index in [9.17, 15) is 9.90 Å². The van der Waals surface area contributed by atoms with Crippen molar-refractivity contribution in [1.82, 2.24) is 4.90 Å². The molecule has 6 aliphatic rings. The zero-order valence-electron chi connectivity index (χ0n) is 24.7. The molecule has 6 rings (SSSR count). The van der Waals surface area contributed by atoms with Gasteiger partial charge in [-0.05, 0) is 113 Å². The second-order valence-electron chi connectivity index (χ2n) is 15.2. The SMILES string of the molecule is CC(=O)O[C@@H]1[C@H]([N+]2(C)CCCCC2)C[C@@H]2[C@H]3CC[C@@H]4C[C@@H](O)[C@H](N5CCCCC5)C[C@@]4(C)[C@@H]3CC[C@]21C.[Br-]. The first kappa shape index (κ1) is 29.3. The van der Waals surface area contributed by atoms with Gasteiger partial charge in [0.1, 0.15) is 6.04 Å². The van der Waals surface area contributed by atoms with E-state index in [1.54, 1.807) is 6.92 Å². The molecule has 6 fully saturated rings. The van der Waals surface area contributed by atoms with E-state index in [0.29, 0.717) is 29.3 Å². The highest BCUT2D eigenvalue weighted by Gasteiger charge is 2.67. The molecular formula is C32H55BrN2O3. The highest BCUT2D eigenvalue weighted by atomic mass is 79.9. The fraction of sp³-hybridized carbons (Fsp3) is 0.969. The van der Waals surface area contributed by atoms with Crippen molar-refractivity contribution in [2.24, 2.45) is 34.5 Å². The molecule has 0 unspecified atom stereocenters. The molecule has 2 aliphatic heterocycles. The van der Waals surface area contributed by atoms with Crippen LogP contribution in [-0.4, -0.2) is 78.0 Å². The van der Waals surface area contributed by atoms with E-state index in [-0.39, 0.29) is 40.6 Å². The number of ether oxygens (including phenoxy) is 1. The summed E-state index contributed by atoms with van der Waals surface area (Å²) in [6.45, 7) is 11.6. The van der Waals surface area contributed by atoms with Gasteiger partial charge in [-0.25, -0.2) is 0 Å². The van der Waals surface area contributed by atoms with Gasteiger partial charge < -0.3 is 31.3 Å². The minimum absolute atomic E-state index is 0. The fourth-order valence-electron chi connectivity index (χ4n) is 11.4. The molecule has 5 nitrogen and oxygen atoms in total. The minimum atomic E-state index is -0.144. The lowest BCUT2D eigenvalue weighted by Gasteiger charge is -2.62. The Labute approximate surface area is 242 Å². The number of aliphatic hydroxyl groups excluding tert-OH is 1. The number of hydrogen-bond acceptors (Lipinski definition) is 4. The molecule has 2 heterocycles. The number of likely N-dealkylation sites (tertiary alicyclic amines) is 2. The number of esters is 1. The van der Waals surface area contributed by atoms with Crippen molar-refractivity contribution < 1.29 is 36.1 Å². The number of quaternary nitrogens is 1. The summed E-state index contributed by atoms with van der Waals surface area (Å²) in [4.78, 5) is 15.1. The third-order valence-corrected chi connectivity index (χ3v) is 13.4. The van der Waals surface area contributed by atoms with E-state index in [2.05, 4.69) is 25.8 Å². The number of carbonyl (C=O) groups is 1. The van der Waals surface area contributed by atoms with Crippen LogP contribution >= 0.6 is 0 Å². The Morgan fingerprint density at radius 2 is 1.61 bits per heavy atom. The summed E-state index contributed by atoms with van der Waals surface area (Å²) in [6, 6.07) is 0.814. The molecule has 38 heavy (non-hydrogen) atoms. The van der Waals surface area contributed by atoms with Crippen molar-refractivity contribution in [2.45, 2.75) is 129 Å². The number of carbonyl (C=O) groups excluding carboxylic acids is 1. The maximum Gasteiger partial charge on any atom is 0.303 e. The van der Waals surface area contributed by atoms with Crippen LogP contribution in [0.1, 0.15) is 104 Å². The van der Waals surface area contributed by atoms with Gasteiger partial charge in [-0.15, -0.1) is 0 Å². The molecule has 4 saturated carbocycles. The van der Waals surface area contributed by atoms with E-state index in [4.69, 9.17) is 4.74 Å². The summed E-state index contributed by atoms with van der Waals surface area (Å²) < 4.78 is 7.46. The number of aliphatic hydroxyl groups is 1. The highest BCUT2D eigenvalue weighted by molar-refractivity contribution is 5.66. The van der Waals surface area contributed by atoms with Crippen molar-refractivity contribution >= 4 is 5.97 Å². The Kier molecular flexibility index (Phi) is 8.42. The van der Waals surface area contributed by atoms with Gasteiger partial charge in [-0.3, -0.25) is 9.69 Å². The zero-order valence-corrected chi connectivity index (χ0v) is 26.3. The van der Waals surface area contributed by atoms with E-state index in [1.807, 2.05) is 0 Å². The molecular weight excluding hydrogens is 540 g/mol. The molecule has 6 heteroatoms. The first-order valence-corrected chi connectivity index (χ1v) is 16.1. The topological polar surface area (TPSA) is 49.8 Å². The van der Waals surface area contributed by atoms with E-state index in [0.717, 1.165) is 22.7 Å². The average molecular weight is 596 g/mol. The number of nitrogens with zero attached hydrogens (tertiary/aromatic N) is 2. The quantitative estimate of drug-likeness (QED) is 0.403. The van der Waals surface area contributed by atoms with Crippen LogP contribution in [0.3, 0.4) is 0 Å². The molecule has 1 N–H and O–H groups in total. The largest absolute Gasteiger partial charge is 1.00 e. The van der Waals surface area contributed by atoms with Gasteiger partial charge in [0.25, 0.3) is 0 Å². The standard InChI is InChI=1S/C32H55N2O3.BrH/c1-22(35)37-30-28(34(4)17-9-6-10-18-34)20-26-24-12-11-23-19-29(36)27(33-15-7-5-8-16-33)21-32(23,3)25(24)13-14-31(26,30)2;/h23-30,36H,5-21H2,1-4H3;1H/q+1;/p-1/t23-,24+,25-,26-,27-,28-,29-,30-,31-,32-;/m1./s1. The van der Waals surface area contributed by atoms with Crippen molar-refractivity contribution in [2.75, 3.05) is 33.2 Å². The molecule has 0 aromatic rings. The Morgan fingerprint density at radius 1 is 0.921 bits per heavy atom. The van der Waals surface area contributed by atoms with Crippen molar-refractivity contribution in [3.8, 4) is 0 Å². The Balaban J connectivity index is 0.00000294. The summed E-state index contributed by atoms with van der Waals surface area (Å²) >= 11 is 0. The summed E-state index contributed by atoms with van der Waals surface area (Å²) in [7, 11) is 2.47. The van der Waals surface area contributed by atoms with Crippen molar-refractivity contribution in [3.05, 3.63) is 0 Å². The third-order valence-electron chi connectivity index (χ3n) is 13.4. The normalized spacial score (nSPS) is 48.7. The predicted octanol–water partition coefficient (Wildman–Crippen LogP) is 2.40. The summed E-state index contributed by atoms with van der Waals surface area (Å²) in [6.07, 6.45) is 16.4. The lowest BCUT2D eigenvalue weighted by atomic mass is 9.44. The van der Waals surface area contributed by atoms with E-state index < -0.39 is 0 Å². The van der Waals surface area contributed by atoms with Crippen LogP contribution in [0, 0.1) is 34.5 Å². The monoisotopic (exact) mass is 594 g/mol. The van der Waals surface area contributed by atoms with E-state index in [1.165, 1.54) is 103 Å². The second kappa shape index (κ2) is 10.9. The van der Waals surface area contributed by atoms with Gasteiger partial charge >= 0.3 is 5.97 Å². The average Bonchev–Trinajstić information content (AvgIpc) is 3.17. The molecule has 0 spiro atoms. The maximum atomic E-state index is 12.4. The Morgan fingerprint density at radius 3 is 2.29 bits per heavy atom. The minimum Gasteiger partial charge on any atom is -1.00 e. The van der Waals surface area contributed by atoms with Crippen LogP contribution in [0.4, 0.5) is 0 Å². The third kappa shape index (κ3) is 4.73. The lowest BCUT2D eigenvalue weighted by molar-refractivity contribution is -0.940.